The molecular weight excluding hydrogens is 312 g/mol. The Morgan fingerprint density at radius 3 is 2.58 bits per heavy atom. The van der Waals surface area contributed by atoms with Gasteiger partial charge in [0.15, 0.2) is 0 Å². The molecule has 1 amide bonds. The molecule has 0 heterocycles. The van der Waals surface area contributed by atoms with E-state index < -0.39 is 10.8 Å². The number of carbonyl (C=O) groups is 1. The first-order chi connectivity index (χ1) is 11.5. The van der Waals surface area contributed by atoms with Gasteiger partial charge in [-0.25, -0.2) is 0 Å². The SMILES string of the molecule is COc1ccc(NC(=O)C=Cc2ccccc2[N+](=O)[O-])c(OC)c1. The summed E-state index contributed by atoms with van der Waals surface area (Å²) in [7, 11) is 3.01. The van der Waals surface area contributed by atoms with E-state index >= 15 is 0 Å². The van der Waals surface area contributed by atoms with Crippen molar-refractivity contribution in [3.63, 3.8) is 0 Å². The zero-order valence-electron chi connectivity index (χ0n) is 13.2. The molecule has 0 aromatic heterocycles. The fourth-order valence-electron chi connectivity index (χ4n) is 2.04. The monoisotopic (exact) mass is 328 g/mol. The number of nitro benzene ring substituents is 1. The van der Waals surface area contributed by atoms with Crippen molar-refractivity contribution in [3.05, 3.63) is 64.2 Å². The Morgan fingerprint density at radius 1 is 1.17 bits per heavy atom. The van der Waals surface area contributed by atoms with Crippen LogP contribution in [0, 0.1) is 10.1 Å². The third-order valence-corrected chi connectivity index (χ3v) is 3.21. The zero-order valence-corrected chi connectivity index (χ0v) is 13.2. The third-order valence-electron chi connectivity index (χ3n) is 3.21. The number of nitrogens with one attached hydrogen (secondary N) is 1. The number of rotatable bonds is 6. The molecule has 0 spiro atoms. The molecule has 7 nitrogen and oxygen atoms in total. The normalized spacial score (nSPS) is 10.4. The number of nitrogens with zero attached hydrogens (tertiary/aromatic N) is 1. The van der Waals surface area contributed by atoms with Crippen LogP contribution in [0.25, 0.3) is 6.08 Å². The molecule has 0 aliphatic rings. The Hall–Kier alpha value is -3.35. The number of para-hydroxylation sites is 1. The molecule has 2 aromatic rings. The van der Waals surface area contributed by atoms with Crippen molar-refractivity contribution >= 4 is 23.4 Å². The molecule has 7 heteroatoms. The maximum atomic E-state index is 12.0. The van der Waals surface area contributed by atoms with Crippen molar-refractivity contribution in [1.82, 2.24) is 0 Å². The van der Waals surface area contributed by atoms with E-state index in [1.807, 2.05) is 0 Å². The molecule has 0 unspecified atom stereocenters. The quantitative estimate of drug-likeness (QED) is 0.499. The van der Waals surface area contributed by atoms with E-state index in [2.05, 4.69) is 5.32 Å². The van der Waals surface area contributed by atoms with Gasteiger partial charge in [0.2, 0.25) is 5.91 Å². The number of amides is 1. The summed E-state index contributed by atoms with van der Waals surface area (Å²) in [6, 6.07) is 11.1. The van der Waals surface area contributed by atoms with E-state index in [1.54, 1.807) is 36.4 Å². The molecule has 2 rings (SSSR count). The molecule has 1 N–H and O–H groups in total. The molecule has 0 aliphatic carbocycles. The van der Waals surface area contributed by atoms with Crippen molar-refractivity contribution in [2.24, 2.45) is 0 Å². The molecule has 0 saturated heterocycles. The fourth-order valence-corrected chi connectivity index (χ4v) is 2.04. The van der Waals surface area contributed by atoms with Gasteiger partial charge in [0.05, 0.1) is 30.4 Å². The number of nitro groups is 1. The highest BCUT2D eigenvalue weighted by Crippen LogP contribution is 2.29. The van der Waals surface area contributed by atoms with Gasteiger partial charge in [0, 0.05) is 18.2 Å². The number of hydrogen-bond acceptors (Lipinski definition) is 5. The number of carbonyl (C=O) groups excluding carboxylic acids is 1. The predicted molar refractivity (Wildman–Crippen MR) is 90.3 cm³/mol. The van der Waals surface area contributed by atoms with Crippen LogP contribution >= 0.6 is 0 Å². The average Bonchev–Trinajstić information content (AvgIpc) is 2.60. The summed E-state index contributed by atoms with van der Waals surface area (Å²) in [4.78, 5) is 22.5. The topological polar surface area (TPSA) is 90.7 Å². The summed E-state index contributed by atoms with van der Waals surface area (Å²) < 4.78 is 10.3. The predicted octanol–water partition coefficient (Wildman–Crippen LogP) is 3.26. The minimum atomic E-state index is -0.496. The van der Waals surface area contributed by atoms with Crippen LogP contribution in [-0.4, -0.2) is 25.1 Å². The summed E-state index contributed by atoms with van der Waals surface area (Å²) in [5.74, 6) is 0.610. The van der Waals surface area contributed by atoms with E-state index in [4.69, 9.17) is 9.47 Å². The highest BCUT2D eigenvalue weighted by Gasteiger charge is 2.11. The molecule has 0 radical (unpaired) electrons. The highest BCUT2D eigenvalue weighted by atomic mass is 16.6. The maximum absolute atomic E-state index is 12.0. The standard InChI is InChI=1S/C17H16N2O5/c1-23-13-8-9-14(16(11-13)24-2)18-17(20)10-7-12-5-3-4-6-15(12)19(21)22/h3-11H,1-2H3,(H,18,20). The van der Waals surface area contributed by atoms with Crippen LogP contribution < -0.4 is 14.8 Å². The molecule has 0 saturated carbocycles. The Morgan fingerprint density at radius 2 is 1.92 bits per heavy atom. The number of ether oxygens (including phenoxy) is 2. The number of methoxy groups -OCH3 is 2. The van der Waals surface area contributed by atoms with Crippen LogP contribution in [0.4, 0.5) is 11.4 Å². The first kappa shape index (κ1) is 17.0. The first-order valence-corrected chi connectivity index (χ1v) is 6.99. The summed E-state index contributed by atoms with van der Waals surface area (Å²) in [6.45, 7) is 0. The summed E-state index contributed by atoms with van der Waals surface area (Å²) in [5, 5.41) is 13.6. The molecular formula is C17H16N2O5. The minimum Gasteiger partial charge on any atom is -0.497 e. The van der Waals surface area contributed by atoms with Crippen LogP contribution in [-0.2, 0) is 4.79 Å². The van der Waals surface area contributed by atoms with Gasteiger partial charge in [0.1, 0.15) is 11.5 Å². The van der Waals surface area contributed by atoms with Gasteiger partial charge >= 0.3 is 0 Å². The molecule has 0 atom stereocenters. The summed E-state index contributed by atoms with van der Waals surface area (Å²) in [5.41, 5.74) is 0.749. The highest BCUT2D eigenvalue weighted by molar-refractivity contribution is 6.03. The lowest BCUT2D eigenvalue weighted by Gasteiger charge is -2.10. The van der Waals surface area contributed by atoms with E-state index in [9.17, 15) is 14.9 Å². The Bertz CT molecular complexity index is 786. The van der Waals surface area contributed by atoms with Crippen LogP contribution in [0.2, 0.25) is 0 Å². The van der Waals surface area contributed by atoms with Crippen LogP contribution in [0.1, 0.15) is 5.56 Å². The number of benzene rings is 2. The van der Waals surface area contributed by atoms with E-state index in [-0.39, 0.29) is 5.69 Å². The molecule has 2 aromatic carbocycles. The van der Waals surface area contributed by atoms with Gasteiger partial charge in [-0.2, -0.15) is 0 Å². The third kappa shape index (κ3) is 4.10. The fraction of sp³-hybridized carbons (Fsp3) is 0.118. The average molecular weight is 328 g/mol. The Kier molecular flexibility index (Phi) is 5.51. The van der Waals surface area contributed by atoms with Crippen molar-refractivity contribution in [1.29, 1.82) is 0 Å². The first-order valence-electron chi connectivity index (χ1n) is 6.99. The second kappa shape index (κ2) is 7.77. The van der Waals surface area contributed by atoms with Gasteiger partial charge in [-0.3, -0.25) is 14.9 Å². The van der Waals surface area contributed by atoms with Gasteiger partial charge in [-0.05, 0) is 24.3 Å². The molecule has 0 fully saturated rings. The molecule has 0 bridgehead atoms. The van der Waals surface area contributed by atoms with Crippen LogP contribution in [0.3, 0.4) is 0 Å². The van der Waals surface area contributed by atoms with Crippen LogP contribution in [0.15, 0.2) is 48.5 Å². The summed E-state index contributed by atoms with van der Waals surface area (Å²) >= 11 is 0. The molecule has 0 aliphatic heterocycles. The minimum absolute atomic E-state index is 0.0661. The summed E-state index contributed by atoms with van der Waals surface area (Å²) in [6.07, 6.45) is 2.62. The molecule has 24 heavy (non-hydrogen) atoms. The van der Waals surface area contributed by atoms with Crippen molar-refractivity contribution in [2.75, 3.05) is 19.5 Å². The number of anilines is 1. The van der Waals surface area contributed by atoms with Gasteiger partial charge < -0.3 is 14.8 Å². The lowest BCUT2D eigenvalue weighted by Crippen LogP contribution is -2.09. The second-order valence-electron chi connectivity index (χ2n) is 4.70. The van der Waals surface area contributed by atoms with Gasteiger partial charge in [-0.1, -0.05) is 12.1 Å². The van der Waals surface area contributed by atoms with E-state index in [0.29, 0.717) is 22.7 Å². The maximum Gasteiger partial charge on any atom is 0.276 e. The van der Waals surface area contributed by atoms with Gasteiger partial charge in [0.25, 0.3) is 5.69 Å². The largest absolute Gasteiger partial charge is 0.497 e. The van der Waals surface area contributed by atoms with E-state index in [0.717, 1.165) is 0 Å². The van der Waals surface area contributed by atoms with Gasteiger partial charge in [-0.15, -0.1) is 0 Å². The van der Waals surface area contributed by atoms with E-state index in [1.165, 1.54) is 32.4 Å². The van der Waals surface area contributed by atoms with Crippen molar-refractivity contribution in [2.45, 2.75) is 0 Å². The zero-order chi connectivity index (χ0) is 17.5. The lowest BCUT2D eigenvalue weighted by molar-refractivity contribution is -0.385. The molecule has 124 valence electrons. The number of hydrogen-bond donors (Lipinski definition) is 1. The van der Waals surface area contributed by atoms with Crippen molar-refractivity contribution < 1.29 is 19.2 Å². The van der Waals surface area contributed by atoms with Crippen LogP contribution in [0.5, 0.6) is 11.5 Å². The Labute approximate surface area is 138 Å². The Balaban J connectivity index is 2.15. The second-order valence-corrected chi connectivity index (χ2v) is 4.70. The smallest absolute Gasteiger partial charge is 0.276 e. The lowest BCUT2D eigenvalue weighted by atomic mass is 10.1. The van der Waals surface area contributed by atoms with Crippen molar-refractivity contribution in [3.8, 4) is 11.5 Å².